The van der Waals surface area contributed by atoms with E-state index in [1.165, 1.54) is 88.3 Å². The topological polar surface area (TPSA) is 0 Å². The maximum Gasteiger partial charge on any atom is -1.00 e. The van der Waals surface area contributed by atoms with Crippen molar-refractivity contribution in [3.05, 3.63) is 129 Å². The average molecular weight is 743 g/mol. The van der Waals surface area contributed by atoms with Crippen molar-refractivity contribution in [2.45, 2.75) is 81.3 Å². The zero-order chi connectivity index (χ0) is 32.1. The number of fused-ring (bicyclic) bond motifs is 2. The first kappa shape index (κ1) is 40.0. The summed E-state index contributed by atoms with van der Waals surface area (Å²) in [6.45, 7) is 22.3. The van der Waals surface area contributed by atoms with Gasteiger partial charge in [-0.25, -0.2) is 0 Å². The van der Waals surface area contributed by atoms with Crippen LogP contribution in [0.1, 0.15) is 58.4 Å². The second-order valence-corrected chi connectivity index (χ2v) is 22.0. The van der Waals surface area contributed by atoms with Crippen molar-refractivity contribution in [2.75, 3.05) is 0 Å². The van der Waals surface area contributed by atoms with E-state index in [1.807, 2.05) is 0 Å². The standard InChI is InChI=1S/2C20H21.C2H6Si.2ClH.Zr/c2*1-5-16-11-17-7-6-8-18(19(17)12-16)20-14(3)9-13(2)10-15(20)4;1-3-2;;;/h2*6-12H,5H2,1-4H3;1-2H3;2*1H;/q2*-1;;;;+2/p-2. The zero-order valence-electron chi connectivity index (χ0n) is 29.3. The Hall–Kier alpha value is -2.22. The molecule has 0 N–H and O–H groups in total. The molecule has 0 aromatic heterocycles. The Kier molecular flexibility index (Phi) is 15.5. The van der Waals surface area contributed by atoms with Gasteiger partial charge in [-0.1, -0.05) is 72.5 Å². The molecule has 0 aliphatic carbocycles. The molecular formula is C42H48Cl2SiZr-2. The van der Waals surface area contributed by atoms with Crippen molar-refractivity contribution in [1.29, 1.82) is 0 Å². The van der Waals surface area contributed by atoms with Crippen molar-refractivity contribution in [3.8, 4) is 22.3 Å². The Morgan fingerprint density at radius 3 is 1.13 bits per heavy atom. The van der Waals surface area contributed by atoms with Gasteiger partial charge in [-0.15, -0.1) is 69.1 Å². The summed E-state index contributed by atoms with van der Waals surface area (Å²) in [5, 5.41) is 5.50. The third-order valence-corrected chi connectivity index (χ3v) is 8.33. The van der Waals surface area contributed by atoms with Gasteiger partial charge in [0.25, 0.3) is 0 Å². The first-order valence-electron chi connectivity index (χ1n) is 16.0. The molecule has 4 heteroatoms. The SMILES string of the molecule is CCc1cc2c(-c3c(C)cc(C)cc3C)cccc2[cH-]1.CCc1cc2c(-c3c(C)cc(C)cc3C)cccc2[cH-]1.C[Si](C)=[Zr+2].[Cl-].[Cl-]. The molecule has 0 saturated heterocycles. The number of benzene rings is 4. The van der Waals surface area contributed by atoms with E-state index in [0.29, 0.717) is 0 Å². The van der Waals surface area contributed by atoms with E-state index in [-0.39, 0.29) is 30.2 Å². The van der Waals surface area contributed by atoms with E-state index in [0.717, 1.165) is 12.8 Å². The molecule has 6 aromatic rings. The van der Waals surface area contributed by atoms with E-state index >= 15 is 0 Å². The normalized spacial score (nSPS) is 10.3. The molecule has 0 atom stereocenters. The van der Waals surface area contributed by atoms with Crippen LogP contribution in [0.25, 0.3) is 43.8 Å². The second-order valence-electron chi connectivity index (χ2n) is 12.6. The van der Waals surface area contributed by atoms with Gasteiger partial charge in [-0.05, 0) is 87.8 Å². The van der Waals surface area contributed by atoms with E-state index in [1.54, 1.807) is 23.3 Å². The Balaban J connectivity index is 0.000000276. The molecule has 240 valence electrons. The van der Waals surface area contributed by atoms with Crippen LogP contribution in [0.2, 0.25) is 13.1 Å². The van der Waals surface area contributed by atoms with Gasteiger partial charge in [0, 0.05) is 0 Å². The van der Waals surface area contributed by atoms with Gasteiger partial charge >= 0.3 is 41.9 Å². The first-order chi connectivity index (χ1) is 20.9. The summed E-state index contributed by atoms with van der Waals surface area (Å²) >= 11 is 1.74. The Labute approximate surface area is 306 Å². The molecule has 0 aliphatic rings. The fraction of sp³-hybridized carbons (Fsp3) is 0.286. The average Bonchev–Trinajstić information content (AvgIpc) is 3.57. The van der Waals surface area contributed by atoms with Gasteiger partial charge < -0.3 is 24.8 Å². The van der Waals surface area contributed by atoms with Crippen molar-refractivity contribution in [2.24, 2.45) is 0 Å². The number of hydrogen-bond acceptors (Lipinski definition) is 0. The van der Waals surface area contributed by atoms with Crippen molar-refractivity contribution in [1.82, 2.24) is 0 Å². The molecule has 0 spiro atoms. The summed E-state index contributed by atoms with van der Waals surface area (Å²) in [4.78, 5) is 0. The van der Waals surface area contributed by atoms with E-state index < -0.39 is 0 Å². The van der Waals surface area contributed by atoms with Crippen LogP contribution < -0.4 is 24.8 Å². The Bertz CT molecular complexity index is 1750. The molecule has 0 unspecified atom stereocenters. The van der Waals surface area contributed by atoms with Crippen LogP contribution in [-0.2, 0) is 36.2 Å². The van der Waals surface area contributed by atoms with E-state index in [4.69, 9.17) is 0 Å². The summed E-state index contributed by atoms with van der Waals surface area (Å²) in [5.41, 5.74) is 16.8. The predicted molar refractivity (Wildman–Crippen MR) is 195 cm³/mol. The van der Waals surface area contributed by atoms with E-state index in [9.17, 15) is 0 Å². The molecule has 46 heavy (non-hydrogen) atoms. The first-order valence-corrected chi connectivity index (χ1v) is 22.2. The predicted octanol–water partition coefficient (Wildman–Crippen LogP) is 6.22. The van der Waals surface area contributed by atoms with Gasteiger partial charge in [-0.2, -0.15) is 12.1 Å². The van der Waals surface area contributed by atoms with Gasteiger partial charge in [0.2, 0.25) is 0 Å². The third-order valence-electron chi connectivity index (χ3n) is 8.33. The quantitative estimate of drug-likeness (QED) is 0.149. The number of halogens is 2. The minimum atomic E-state index is 0. The van der Waals surface area contributed by atoms with Crippen molar-refractivity contribution < 1.29 is 48.1 Å². The smallest absolute Gasteiger partial charge is 1.00 e. The number of hydrogen-bond donors (Lipinski definition) is 0. The minimum Gasteiger partial charge on any atom is -1.00 e. The maximum absolute atomic E-state index is 2.35. The second kappa shape index (κ2) is 17.8. The van der Waals surface area contributed by atoms with Crippen molar-refractivity contribution >= 4 is 27.0 Å². The Morgan fingerprint density at radius 2 is 0.848 bits per heavy atom. The number of rotatable bonds is 4. The summed E-state index contributed by atoms with van der Waals surface area (Å²) in [6.07, 6.45) is 2.19. The summed E-state index contributed by atoms with van der Waals surface area (Å²) in [5.74, 6) is 0. The molecule has 0 saturated carbocycles. The van der Waals surface area contributed by atoms with Gasteiger partial charge in [0.05, 0.1) is 0 Å². The van der Waals surface area contributed by atoms with Crippen LogP contribution in [0, 0.1) is 41.5 Å². The molecule has 6 aromatic carbocycles. The van der Waals surface area contributed by atoms with Crippen LogP contribution in [0.3, 0.4) is 0 Å². The van der Waals surface area contributed by atoms with Crippen LogP contribution in [-0.4, -0.2) is 5.43 Å². The summed E-state index contributed by atoms with van der Waals surface area (Å²) < 4.78 is 0. The Morgan fingerprint density at radius 1 is 0.543 bits per heavy atom. The molecule has 0 aliphatic heterocycles. The monoisotopic (exact) mass is 740 g/mol. The minimum absolute atomic E-state index is 0. The maximum atomic E-state index is 2.35. The number of aryl methyl sites for hydroxylation is 8. The van der Waals surface area contributed by atoms with Crippen LogP contribution >= 0.6 is 0 Å². The zero-order valence-corrected chi connectivity index (χ0v) is 34.2. The van der Waals surface area contributed by atoms with Crippen LogP contribution in [0.4, 0.5) is 0 Å². The fourth-order valence-corrected chi connectivity index (χ4v) is 6.65. The third kappa shape index (κ3) is 9.44. The van der Waals surface area contributed by atoms with E-state index in [2.05, 4.69) is 153 Å². The van der Waals surface area contributed by atoms with Gasteiger partial charge in [-0.3, -0.25) is 0 Å². The molecule has 0 nitrogen and oxygen atoms in total. The largest absolute Gasteiger partial charge is 1.00 e. The fourth-order valence-electron chi connectivity index (χ4n) is 6.65. The van der Waals surface area contributed by atoms with Gasteiger partial charge in [0.1, 0.15) is 0 Å². The molecule has 0 radical (unpaired) electrons. The summed E-state index contributed by atoms with van der Waals surface area (Å²) in [6, 6.07) is 31.8. The van der Waals surface area contributed by atoms with Gasteiger partial charge in [0.15, 0.2) is 0 Å². The van der Waals surface area contributed by atoms with Crippen LogP contribution in [0.15, 0.2) is 84.9 Å². The molecule has 6 rings (SSSR count). The summed E-state index contributed by atoms with van der Waals surface area (Å²) in [7, 11) is 0. The molecule has 0 fully saturated rings. The molecule has 0 amide bonds. The van der Waals surface area contributed by atoms with Crippen molar-refractivity contribution in [3.63, 3.8) is 0 Å². The molecular weight excluding hydrogens is 695 g/mol. The van der Waals surface area contributed by atoms with Crippen LogP contribution in [0.5, 0.6) is 0 Å². The molecule has 0 heterocycles. The molecule has 0 bridgehead atoms.